The molecule has 0 fully saturated rings. The molecular weight excluding hydrogens is 172 g/mol. The molecule has 1 heteroatoms. The van der Waals surface area contributed by atoms with Crippen molar-refractivity contribution in [1.29, 1.82) is 0 Å². The van der Waals surface area contributed by atoms with Gasteiger partial charge in [0.1, 0.15) is 0 Å². The number of ketones is 1. The molecule has 0 amide bonds. The van der Waals surface area contributed by atoms with Crippen LogP contribution in [0.3, 0.4) is 0 Å². The first-order chi connectivity index (χ1) is 6.75. The number of Topliss-reactive ketones (excluding diaryl/α,β-unsaturated/α-hetero) is 1. The molecule has 0 spiro atoms. The summed E-state index contributed by atoms with van der Waals surface area (Å²) in [6.07, 6.45) is 4.84. The first-order valence-corrected chi connectivity index (χ1v) is 4.96. The van der Waals surface area contributed by atoms with Crippen LogP contribution in [0, 0.1) is 5.92 Å². The lowest BCUT2D eigenvalue weighted by atomic mass is 9.96. The van der Waals surface area contributed by atoms with Gasteiger partial charge in [0.05, 0.1) is 0 Å². The van der Waals surface area contributed by atoms with Gasteiger partial charge < -0.3 is 0 Å². The number of rotatable bonds is 4. The monoisotopic (exact) mass is 188 g/mol. The van der Waals surface area contributed by atoms with Gasteiger partial charge in [-0.15, -0.1) is 0 Å². The molecule has 1 nitrogen and oxygen atoms in total. The SMILES string of the molecule is C/C=C/CC(C)C(=O)c1ccccc1. The summed E-state index contributed by atoms with van der Waals surface area (Å²) in [6.45, 7) is 3.94. The molecule has 74 valence electrons. The Morgan fingerprint density at radius 3 is 2.57 bits per heavy atom. The van der Waals surface area contributed by atoms with Crippen LogP contribution in [0.2, 0.25) is 0 Å². The zero-order valence-electron chi connectivity index (χ0n) is 8.73. The Bertz CT molecular complexity index is 311. The Hall–Kier alpha value is -1.37. The summed E-state index contributed by atoms with van der Waals surface area (Å²) in [4.78, 5) is 11.8. The molecule has 0 aromatic heterocycles. The van der Waals surface area contributed by atoms with E-state index in [1.54, 1.807) is 0 Å². The lowest BCUT2D eigenvalue weighted by Crippen LogP contribution is -2.10. The van der Waals surface area contributed by atoms with Crippen LogP contribution in [0.25, 0.3) is 0 Å². The molecule has 0 heterocycles. The van der Waals surface area contributed by atoms with E-state index < -0.39 is 0 Å². The minimum atomic E-state index is 0.0774. The van der Waals surface area contributed by atoms with E-state index in [9.17, 15) is 4.79 Å². The summed E-state index contributed by atoms with van der Waals surface area (Å²) in [6, 6.07) is 9.46. The van der Waals surface area contributed by atoms with Crippen molar-refractivity contribution in [3.63, 3.8) is 0 Å². The average molecular weight is 188 g/mol. The molecule has 0 aliphatic carbocycles. The third kappa shape index (κ3) is 2.84. The zero-order chi connectivity index (χ0) is 10.4. The lowest BCUT2D eigenvalue weighted by Gasteiger charge is -2.06. The molecule has 0 aliphatic heterocycles. The van der Waals surface area contributed by atoms with Gasteiger partial charge in [-0.2, -0.15) is 0 Å². The fourth-order valence-electron chi connectivity index (χ4n) is 1.33. The molecule has 0 saturated carbocycles. The first-order valence-electron chi connectivity index (χ1n) is 4.96. The van der Waals surface area contributed by atoms with Crippen molar-refractivity contribution in [3.8, 4) is 0 Å². The summed E-state index contributed by atoms with van der Waals surface area (Å²) in [7, 11) is 0. The van der Waals surface area contributed by atoms with Crippen LogP contribution in [0.1, 0.15) is 30.6 Å². The van der Waals surface area contributed by atoms with Crippen LogP contribution in [-0.2, 0) is 0 Å². The quantitative estimate of drug-likeness (QED) is 0.522. The normalized spacial score (nSPS) is 13.0. The fourth-order valence-corrected chi connectivity index (χ4v) is 1.33. The van der Waals surface area contributed by atoms with Crippen LogP contribution in [0.4, 0.5) is 0 Å². The van der Waals surface area contributed by atoms with Gasteiger partial charge in [0.2, 0.25) is 0 Å². The minimum Gasteiger partial charge on any atom is -0.294 e. The number of carbonyl (C=O) groups is 1. The predicted octanol–water partition coefficient (Wildman–Crippen LogP) is 3.47. The molecule has 0 aliphatic rings. The molecule has 14 heavy (non-hydrogen) atoms. The molecule has 1 atom stereocenters. The number of hydrogen-bond acceptors (Lipinski definition) is 1. The van der Waals surface area contributed by atoms with Crippen molar-refractivity contribution >= 4 is 5.78 Å². The number of benzene rings is 1. The van der Waals surface area contributed by atoms with Crippen molar-refractivity contribution in [2.75, 3.05) is 0 Å². The second-order valence-corrected chi connectivity index (χ2v) is 3.44. The summed E-state index contributed by atoms with van der Waals surface area (Å²) in [5, 5.41) is 0. The van der Waals surface area contributed by atoms with Gasteiger partial charge in [-0.1, -0.05) is 49.4 Å². The molecule has 1 unspecified atom stereocenters. The van der Waals surface area contributed by atoms with E-state index in [1.165, 1.54) is 0 Å². The maximum Gasteiger partial charge on any atom is 0.165 e. The van der Waals surface area contributed by atoms with Crippen molar-refractivity contribution < 1.29 is 4.79 Å². The van der Waals surface area contributed by atoms with Gasteiger partial charge in [-0.3, -0.25) is 4.79 Å². The molecule has 0 bridgehead atoms. The van der Waals surface area contributed by atoms with Gasteiger partial charge in [-0.05, 0) is 13.3 Å². The fraction of sp³-hybridized carbons (Fsp3) is 0.308. The smallest absolute Gasteiger partial charge is 0.165 e. The van der Waals surface area contributed by atoms with Gasteiger partial charge >= 0.3 is 0 Å². The Labute approximate surface area is 85.5 Å². The van der Waals surface area contributed by atoms with E-state index in [0.717, 1.165) is 12.0 Å². The largest absolute Gasteiger partial charge is 0.294 e. The van der Waals surface area contributed by atoms with E-state index in [-0.39, 0.29) is 11.7 Å². The Morgan fingerprint density at radius 1 is 1.36 bits per heavy atom. The lowest BCUT2D eigenvalue weighted by molar-refractivity contribution is 0.0931. The molecular formula is C13H16O. The minimum absolute atomic E-state index is 0.0774. The van der Waals surface area contributed by atoms with Gasteiger partial charge in [-0.25, -0.2) is 0 Å². The molecule has 0 radical (unpaired) electrons. The van der Waals surface area contributed by atoms with Gasteiger partial charge in [0, 0.05) is 11.5 Å². The predicted molar refractivity (Wildman–Crippen MR) is 59.4 cm³/mol. The maximum absolute atomic E-state index is 11.8. The standard InChI is InChI=1S/C13H16O/c1-3-4-8-11(2)13(14)12-9-6-5-7-10-12/h3-7,9-11H,8H2,1-2H3/b4-3+. The second-order valence-electron chi connectivity index (χ2n) is 3.44. The second kappa shape index (κ2) is 5.38. The molecule has 0 saturated heterocycles. The van der Waals surface area contributed by atoms with Crippen molar-refractivity contribution in [2.45, 2.75) is 20.3 Å². The van der Waals surface area contributed by atoms with Gasteiger partial charge in [0.25, 0.3) is 0 Å². The van der Waals surface area contributed by atoms with E-state index in [2.05, 4.69) is 0 Å². The van der Waals surface area contributed by atoms with Gasteiger partial charge in [0.15, 0.2) is 5.78 Å². The molecule has 1 rings (SSSR count). The third-order valence-corrected chi connectivity index (χ3v) is 2.23. The van der Waals surface area contributed by atoms with Crippen LogP contribution < -0.4 is 0 Å². The first kappa shape index (κ1) is 10.7. The van der Waals surface area contributed by atoms with Crippen LogP contribution in [-0.4, -0.2) is 5.78 Å². The maximum atomic E-state index is 11.8. The Kier molecular flexibility index (Phi) is 4.11. The highest BCUT2D eigenvalue weighted by Crippen LogP contribution is 2.12. The van der Waals surface area contributed by atoms with Crippen molar-refractivity contribution in [2.24, 2.45) is 5.92 Å². The number of hydrogen-bond donors (Lipinski definition) is 0. The highest BCUT2D eigenvalue weighted by molar-refractivity contribution is 5.97. The Morgan fingerprint density at radius 2 is 2.00 bits per heavy atom. The number of carbonyl (C=O) groups excluding carboxylic acids is 1. The summed E-state index contributed by atoms with van der Waals surface area (Å²) in [5.74, 6) is 0.303. The molecule has 1 aromatic carbocycles. The zero-order valence-corrected chi connectivity index (χ0v) is 8.73. The van der Waals surface area contributed by atoms with Crippen molar-refractivity contribution in [1.82, 2.24) is 0 Å². The summed E-state index contributed by atoms with van der Waals surface area (Å²) < 4.78 is 0. The topological polar surface area (TPSA) is 17.1 Å². The van der Waals surface area contributed by atoms with E-state index in [0.29, 0.717) is 0 Å². The molecule has 0 N–H and O–H groups in total. The summed E-state index contributed by atoms with van der Waals surface area (Å²) >= 11 is 0. The average Bonchev–Trinajstić information content (AvgIpc) is 2.26. The number of allylic oxidation sites excluding steroid dienone is 2. The van der Waals surface area contributed by atoms with Crippen LogP contribution in [0.5, 0.6) is 0 Å². The van der Waals surface area contributed by atoms with Crippen LogP contribution >= 0.6 is 0 Å². The van der Waals surface area contributed by atoms with E-state index in [4.69, 9.17) is 0 Å². The van der Waals surface area contributed by atoms with E-state index >= 15 is 0 Å². The van der Waals surface area contributed by atoms with E-state index in [1.807, 2.05) is 56.3 Å². The highest BCUT2D eigenvalue weighted by atomic mass is 16.1. The Balaban J connectivity index is 2.66. The van der Waals surface area contributed by atoms with Crippen molar-refractivity contribution in [3.05, 3.63) is 48.0 Å². The highest BCUT2D eigenvalue weighted by Gasteiger charge is 2.12. The molecule has 1 aromatic rings. The third-order valence-electron chi connectivity index (χ3n) is 2.23. The summed E-state index contributed by atoms with van der Waals surface area (Å²) in [5.41, 5.74) is 0.810. The van der Waals surface area contributed by atoms with Crippen LogP contribution in [0.15, 0.2) is 42.5 Å².